The lowest BCUT2D eigenvalue weighted by molar-refractivity contribution is -0.119. The van der Waals surface area contributed by atoms with Crippen molar-refractivity contribution >= 4 is 28.3 Å². The van der Waals surface area contributed by atoms with E-state index in [9.17, 15) is 9.59 Å². The Kier molecular flexibility index (Phi) is 4.05. The van der Waals surface area contributed by atoms with Crippen LogP contribution in [0.25, 0.3) is 10.8 Å². The lowest BCUT2D eigenvalue weighted by Gasteiger charge is -2.09. The van der Waals surface area contributed by atoms with Crippen molar-refractivity contribution in [2.75, 3.05) is 11.9 Å². The molecule has 2 aromatic carbocycles. The molecule has 1 aromatic heterocycles. The van der Waals surface area contributed by atoms with E-state index in [-0.39, 0.29) is 6.61 Å². The van der Waals surface area contributed by atoms with Gasteiger partial charge < -0.3 is 10.1 Å². The molecule has 0 fully saturated rings. The van der Waals surface area contributed by atoms with Crippen molar-refractivity contribution in [3.8, 4) is 0 Å². The van der Waals surface area contributed by atoms with Gasteiger partial charge in [-0.25, -0.2) is 4.79 Å². The molecule has 116 valence electrons. The average molecular weight is 309 g/mol. The Hall–Kier alpha value is -3.15. The number of nitrogens with one attached hydrogen (secondary N) is 1. The molecule has 0 aliphatic heterocycles. The molecule has 0 aliphatic carbocycles. The van der Waals surface area contributed by atoms with Gasteiger partial charge >= 0.3 is 5.97 Å². The molecule has 6 heteroatoms. The molecule has 3 aromatic rings. The molecule has 0 spiro atoms. The van der Waals surface area contributed by atoms with Crippen molar-refractivity contribution in [2.24, 2.45) is 7.05 Å². The number of benzene rings is 2. The van der Waals surface area contributed by atoms with Gasteiger partial charge in [-0.1, -0.05) is 36.4 Å². The highest BCUT2D eigenvalue weighted by molar-refractivity contribution is 6.03. The average Bonchev–Trinajstić information content (AvgIpc) is 2.99. The van der Waals surface area contributed by atoms with Gasteiger partial charge in [0.2, 0.25) is 0 Å². The first-order chi connectivity index (χ1) is 11.1. The monoisotopic (exact) mass is 309 g/mol. The smallest absolute Gasteiger partial charge is 0.357 e. The van der Waals surface area contributed by atoms with Crippen LogP contribution in [0.4, 0.5) is 5.69 Å². The zero-order valence-electron chi connectivity index (χ0n) is 12.5. The molecule has 0 bridgehead atoms. The third-order valence-electron chi connectivity index (χ3n) is 3.43. The number of aryl methyl sites for hydroxylation is 1. The first-order valence-electron chi connectivity index (χ1n) is 7.08. The van der Waals surface area contributed by atoms with E-state index in [1.807, 2.05) is 42.5 Å². The molecule has 0 atom stereocenters. The van der Waals surface area contributed by atoms with Crippen LogP contribution in [0.1, 0.15) is 10.5 Å². The molecule has 6 nitrogen and oxygen atoms in total. The Morgan fingerprint density at radius 2 is 1.91 bits per heavy atom. The molecule has 3 rings (SSSR count). The van der Waals surface area contributed by atoms with Crippen molar-refractivity contribution in [2.45, 2.75) is 0 Å². The van der Waals surface area contributed by atoms with Crippen molar-refractivity contribution in [3.63, 3.8) is 0 Å². The number of nitrogens with zero attached hydrogens (tertiary/aromatic N) is 2. The fourth-order valence-electron chi connectivity index (χ4n) is 2.30. The third kappa shape index (κ3) is 3.21. The van der Waals surface area contributed by atoms with Gasteiger partial charge in [0.1, 0.15) is 5.69 Å². The third-order valence-corrected chi connectivity index (χ3v) is 3.43. The maximum absolute atomic E-state index is 12.0. The van der Waals surface area contributed by atoms with Crippen LogP contribution in [0.15, 0.2) is 54.7 Å². The molecule has 23 heavy (non-hydrogen) atoms. The summed E-state index contributed by atoms with van der Waals surface area (Å²) in [5.74, 6) is -0.977. The lowest BCUT2D eigenvalue weighted by Crippen LogP contribution is -2.22. The molecular formula is C17H15N3O3. The van der Waals surface area contributed by atoms with E-state index in [4.69, 9.17) is 4.74 Å². The Labute approximate surface area is 132 Å². The van der Waals surface area contributed by atoms with Crippen LogP contribution >= 0.6 is 0 Å². The number of aromatic nitrogens is 2. The number of ether oxygens (including phenoxy) is 1. The van der Waals surface area contributed by atoms with Crippen LogP contribution in [-0.2, 0) is 16.6 Å². The number of hydrogen-bond donors (Lipinski definition) is 1. The summed E-state index contributed by atoms with van der Waals surface area (Å²) in [7, 11) is 1.63. The van der Waals surface area contributed by atoms with Gasteiger partial charge in [0.15, 0.2) is 6.61 Å². The van der Waals surface area contributed by atoms with E-state index in [2.05, 4.69) is 10.4 Å². The van der Waals surface area contributed by atoms with Gasteiger partial charge in [-0.2, -0.15) is 5.10 Å². The number of rotatable bonds is 4. The predicted molar refractivity (Wildman–Crippen MR) is 86.1 cm³/mol. The van der Waals surface area contributed by atoms with Crippen LogP contribution in [0.2, 0.25) is 0 Å². The van der Waals surface area contributed by atoms with Gasteiger partial charge in [0.05, 0.1) is 0 Å². The first-order valence-corrected chi connectivity index (χ1v) is 7.08. The molecule has 0 radical (unpaired) electrons. The van der Waals surface area contributed by atoms with E-state index >= 15 is 0 Å². The van der Waals surface area contributed by atoms with E-state index in [0.717, 1.165) is 10.8 Å². The molecular weight excluding hydrogens is 294 g/mol. The summed E-state index contributed by atoms with van der Waals surface area (Å²) in [4.78, 5) is 23.8. The minimum Gasteiger partial charge on any atom is -0.451 e. The van der Waals surface area contributed by atoms with Crippen molar-refractivity contribution in [1.82, 2.24) is 9.78 Å². The molecule has 1 amide bonds. The quantitative estimate of drug-likeness (QED) is 0.751. The minimum absolute atomic E-state index is 0.294. The van der Waals surface area contributed by atoms with Gasteiger partial charge in [-0.3, -0.25) is 9.48 Å². The van der Waals surface area contributed by atoms with Gasteiger partial charge in [0, 0.05) is 24.3 Å². The van der Waals surface area contributed by atoms with Gasteiger partial charge in [0.25, 0.3) is 5.91 Å². The Morgan fingerprint density at radius 3 is 2.70 bits per heavy atom. The number of hydrogen-bond acceptors (Lipinski definition) is 4. The van der Waals surface area contributed by atoms with E-state index < -0.39 is 11.9 Å². The standard InChI is InChI=1S/C17H15N3O3/c1-20-15(9-10-18-20)17(22)23-11-16(21)19-14-8-4-6-12-5-2-3-7-13(12)14/h2-10H,11H2,1H3,(H,19,21). The minimum atomic E-state index is -0.585. The number of esters is 1. The maximum Gasteiger partial charge on any atom is 0.357 e. The van der Waals surface area contributed by atoms with Crippen LogP contribution in [0.3, 0.4) is 0 Å². The highest BCUT2D eigenvalue weighted by atomic mass is 16.5. The van der Waals surface area contributed by atoms with E-state index in [0.29, 0.717) is 11.4 Å². The topological polar surface area (TPSA) is 73.2 Å². The SMILES string of the molecule is Cn1nccc1C(=O)OCC(=O)Nc1cccc2ccccc12. The fraction of sp³-hybridized carbons (Fsp3) is 0.118. The second-order valence-electron chi connectivity index (χ2n) is 4.99. The van der Waals surface area contributed by atoms with Crippen LogP contribution in [-0.4, -0.2) is 28.3 Å². The van der Waals surface area contributed by atoms with Crippen LogP contribution in [0.5, 0.6) is 0 Å². The number of carbonyl (C=O) groups is 2. The molecule has 1 N–H and O–H groups in total. The summed E-state index contributed by atoms with van der Waals surface area (Å²) in [6, 6.07) is 14.9. The summed E-state index contributed by atoms with van der Waals surface area (Å²) >= 11 is 0. The van der Waals surface area contributed by atoms with E-state index in [1.165, 1.54) is 16.9 Å². The normalized spacial score (nSPS) is 10.5. The summed E-state index contributed by atoms with van der Waals surface area (Å²) in [6.07, 6.45) is 1.49. The second kappa shape index (κ2) is 6.31. The fourth-order valence-corrected chi connectivity index (χ4v) is 2.30. The largest absolute Gasteiger partial charge is 0.451 e. The molecule has 0 saturated heterocycles. The van der Waals surface area contributed by atoms with E-state index in [1.54, 1.807) is 7.05 Å². The number of anilines is 1. The van der Waals surface area contributed by atoms with Crippen molar-refractivity contribution in [3.05, 3.63) is 60.4 Å². The highest BCUT2D eigenvalue weighted by Gasteiger charge is 2.14. The summed E-state index contributed by atoms with van der Waals surface area (Å²) in [5, 5.41) is 8.60. The number of fused-ring (bicyclic) bond motifs is 1. The van der Waals surface area contributed by atoms with Crippen LogP contribution in [0, 0.1) is 0 Å². The molecule has 1 heterocycles. The lowest BCUT2D eigenvalue weighted by atomic mass is 10.1. The zero-order valence-corrected chi connectivity index (χ0v) is 12.5. The Morgan fingerprint density at radius 1 is 1.13 bits per heavy atom. The summed E-state index contributed by atoms with van der Waals surface area (Å²) in [5.41, 5.74) is 0.979. The van der Waals surface area contributed by atoms with Crippen LogP contribution < -0.4 is 5.32 Å². The highest BCUT2D eigenvalue weighted by Crippen LogP contribution is 2.22. The number of carbonyl (C=O) groups excluding carboxylic acids is 2. The van der Waals surface area contributed by atoms with Gasteiger partial charge in [-0.15, -0.1) is 0 Å². The Bertz CT molecular complexity index is 865. The second-order valence-corrected chi connectivity index (χ2v) is 4.99. The number of amides is 1. The molecule has 0 aliphatic rings. The zero-order chi connectivity index (χ0) is 16.2. The summed E-state index contributed by atoms with van der Waals surface area (Å²) < 4.78 is 6.40. The Balaban J connectivity index is 1.65. The van der Waals surface area contributed by atoms with Gasteiger partial charge in [-0.05, 0) is 17.5 Å². The molecule has 0 saturated carbocycles. The first kappa shape index (κ1) is 14.8. The van der Waals surface area contributed by atoms with Crippen molar-refractivity contribution in [1.29, 1.82) is 0 Å². The molecule has 0 unspecified atom stereocenters. The maximum atomic E-state index is 12.0. The predicted octanol–water partition coefficient (Wildman–Crippen LogP) is 2.37. The summed E-state index contributed by atoms with van der Waals surface area (Å²) in [6.45, 7) is -0.354. The van der Waals surface area contributed by atoms with Crippen molar-refractivity contribution < 1.29 is 14.3 Å².